The standard InChI is InChI=1S/C22H25ClFN5O2/c1-12(2)27-22(25)26-11-14-9-13-5-3-4-6-16(13)19(14)29-21(31)20(30)28-15-7-8-17(23)18(24)10-15/h3-8,10,12,14,19H,9,11H2,1-2H3,(H,28,30)(H,29,31)(H3,25,26,27)/t14-,19-/m1/s1. The lowest BCUT2D eigenvalue weighted by Crippen LogP contribution is -2.45. The van der Waals surface area contributed by atoms with Crippen molar-refractivity contribution < 1.29 is 14.0 Å². The maximum Gasteiger partial charge on any atom is 0.313 e. The van der Waals surface area contributed by atoms with Gasteiger partial charge in [-0.25, -0.2) is 4.39 Å². The number of fused-ring (bicyclic) bond motifs is 1. The molecule has 7 nitrogen and oxygen atoms in total. The van der Waals surface area contributed by atoms with Crippen molar-refractivity contribution >= 4 is 35.1 Å². The molecular weight excluding hydrogens is 421 g/mol. The molecule has 0 spiro atoms. The lowest BCUT2D eigenvalue weighted by molar-refractivity contribution is -0.136. The predicted octanol–water partition coefficient (Wildman–Crippen LogP) is 2.97. The van der Waals surface area contributed by atoms with E-state index in [0.717, 1.165) is 17.2 Å². The molecule has 5 N–H and O–H groups in total. The average molecular weight is 446 g/mol. The van der Waals surface area contributed by atoms with Gasteiger partial charge < -0.3 is 21.3 Å². The van der Waals surface area contributed by atoms with E-state index in [1.54, 1.807) is 0 Å². The third-order valence-electron chi connectivity index (χ3n) is 4.99. The highest BCUT2D eigenvalue weighted by atomic mass is 35.5. The fourth-order valence-corrected chi connectivity index (χ4v) is 3.72. The Morgan fingerprint density at radius 3 is 2.65 bits per heavy atom. The van der Waals surface area contributed by atoms with Gasteiger partial charge in [-0.05, 0) is 49.6 Å². The van der Waals surface area contributed by atoms with Gasteiger partial charge in [0.1, 0.15) is 5.82 Å². The fourth-order valence-electron chi connectivity index (χ4n) is 3.60. The van der Waals surface area contributed by atoms with Crippen molar-refractivity contribution in [1.82, 2.24) is 16.0 Å². The zero-order chi connectivity index (χ0) is 22.5. The molecule has 0 saturated heterocycles. The molecule has 0 fully saturated rings. The number of carbonyl (C=O) groups excluding carboxylic acids is 2. The molecule has 0 bridgehead atoms. The molecular formula is C22H25ClFN5O2. The monoisotopic (exact) mass is 445 g/mol. The van der Waals surface area contributed by atoms with Crippen LogP contribution in [0.5, 0.6) is 0 Å². The third-order valence-corrected chi connectivity index (χ3v) is 5.29. The molecule has 1 aliphatic carbocycles. The van der Waals surface area contributed by atoms with Crippen LogP contribution in [0.3, 0.4) is 0 Å². The topological polar surface area (TPSA) is 106 Å². The largest absolute Gasteiger partial charge is 0.356 e. The molecule has 0 aliphatic heterocycles. The van der Waals surface area contributed by atoms with Gasteiger partial charge in [-0.1, -0.05) is 35.9 Å². The van der Waals surface area contributed by atoms with Crippen LogP contribution in [-0.2, 0) is 16.0 Å². The second-order valence-corrected chi connectivity index (χ2v) is 8.16. The van der Waals surface area contributed by atoms with Crippen molar-refractivity contribution in [3.63, 3.8) is 0 Å². The van der Waals surface area contributed by atoms with Gasteiger partial charge in [-0.3, -0.25) is 15.0 Å². The van der Waals surface area contributed by atoms with E-state index in [-0.39, 0.29) is 28.6 Å². The van der Waals surface area contributed by atoms with E-state index >= 15 is 0 Å². The summed E-state index contributed by atoms with van der Waals surface area (Å²) in [6.07, 6.45) is 0.701. The lowest BCUT2D eigenvalue weighted by atomic mass is 10.0. The first-order chi connectivity index (χ1) is 14.7. The summed E-state index contributed by atoms with van der Waals surface area (Å²) in [6, 6.07) is 11.2. The predicted molar refractivity (Wildman–Crippen MR) is 119 cm³/mol. The molecule has 9 heteroatoms. The number of benzene rings is 2. The number of hydrogen-bond donors (Lipinski definition) is 5. The summed E-state index contributed by atoms with van der Waals surface area (Å²) < 4.78 is 13.6. The van der Waals surface area contributed by atoms with E-state index in [9.17, 15) is 14.0 Å². The van der Waals surface area contributed by atoms with Crippen molar-refractivity contribution in [3.8, 4) is 0 Å². The van der Waals surface area contributed by atoms with Gasteiger partial charge in [-0.15, -0.1) is 0 Å². The quantitative estimate of drug-likeness (QED) is 0.277. The summed E-state index contributed by atoms with van der Waals surface area (Å²) in [6.45, 7) is 4.33. The number of guanidine groups is 1. The molecule has 3 rings (SSSR count). The lowest BCUT2D eigenvalue weighted by Gasteiger charge is -2.23. The minimum absolute atomic E-state index is 0.0450. The van der Waals surface area contributed by atoms with Gasteiger partial charge >= 0.3 is 11.8 Å². The van der Waals surface area contributed by atoms with Crippen LogP contribution in [-0.4, -0.2) is 30.4 Å². The Hall–Kier alpha value is -3.13. The Morgan fingerprint density at radius 1 is 1.19 bits per heavy atom. The Labute approximate surface area is 185 Å². The van der Waals surface area contributed by atoms with Crippen molar-refractivity contribution in [2.75, 3.05) is 11.9 Å². The highest BCUT2D eigenvalue weighted by Gasteiger charge is 2.34. The van der Waals surface area contributed by atoms with Gasteiger partial charge in [0, 0.05) is 24.2 Å². The number of nitrogens with one attached hydrogen (secondary N) is 5. The maximum absolute atomic E-state index is 13.6. The average Bonchev–Trinajstić information content (AvgIpc) is 3.06. The molecule has 2 aromatic rings. The molecule has 0 unspecified atom stereocenters. The van der Waals surface area contributed by atoms with Crippen molar-refractivity contribution in [3.05, 3.63) is 64.4 Å². The Kier molecular flexibility index (Phi) is 7.12. The normalized spacial score (nSPS) is 17.1. The number of amides is 2. The molecule has 2 aromatic carbocycles. The summed E-state index contributed by atoms with van der Waals surface area (Å²) in [4.78, 5) is 24.9. The van der Waals surface area contributed by atoms with Crippen LogP contribution >= 0.6 is 11.6 Å². The first kappa shape index (κ1) is 22.6. The van der Waals surface area contributed by atoms with E-state index in [1.165, 1.54) is 12.1 Å². The molecule has 0 heterocycles. The molecule has 0 saturated carbocycles. The summed E-state index contributed by atoms with van der Waals surface area (Å²) in [5, 5.41) is 19.1. The Balaban J connectivity index is 1.68. The first-order valence-electron chi connectivity index (χ1n) is 9.98. The molecule has 2 amide bonds. The summed E-state index contributed by atoms with van der Waals surface area (Å²) in [5.74, 6) is -2.24. The van der Waals surface area contributed by atoms with Crippen LogP contribution < -0.4 is 21.3 Å². The van der Waals surface area contributed by atoms with Crippen LogP contribution in [0.15, 0.2) is 42.5 Å². The van der Waals surface area contributed by atoms with E-state index in [0.29, 0.717) is 13.0 Å². The van der Waals surface area contributed by atoms with E-state index in [2.05, 4.69) is 21.3 Å². The van der Waals surface area contributed by atoms with Gasteiger partial charge in [0.15, 0.2) is 5.96 Å². The number of anilines is 1. The number of hydrogen-bond acceptors (Lipinski definition) is 3. The SMILES string of the molecule is CC(C)NC(=N)NC[C@H]1Cc2ccccc2[C@@H]1NC(=O)C(=O)Nc1ccc(Cl)c(F)c1. The van der Waals surface area contributed by atoms with E-state index in [4.69, 9.17) is 17.0 Å². The van der Waals surface area contributed by atoms with Gasteiger partial charge in [0.2, 0.25) is 0 Å². The van der Waals surface area contributed by atoms with E-state index in [1.807, 2.05) is 38.1 Å². The fraction of sp³-hybridized carbons (Fsp3) is 0.318. The molecule has 2 atom stereocenters. The summed E-state index contributed by atoms with van der Waals surface area (Å²) in [7, 11) is 0. The highest BCUT2D eigenvalue weighted by Crippen LogP contribution is 2.35. The van der Waals surface area contributed by atoms with Gasteiger partial charge in [0.05, 0.1) is 11.1 Å². The molecule has 31 heavy (non-hydrogen) atoms. The highest BCUT2D eigenvalue weighted by molar-refractivity contribution is 6.39. The third kappa shape index (κ3) is 5.73. The maximum atomic E-state index is 13.6. The summed E-state index contributed by atoms with van der Waals surface area (Å²) in [5.41, 5.74) is 2.17. The molecule has 1 aliphatic rings. The van der Waals surface area contributed by atoms with Crippen LogP contribution in [0.4, 0.5) is 10.1 Å². The minimum atomic E-state index is -0.896. The van der Waals surface area contributed by atoms with Gasteiger partial charge in [-0.2, -0.15) is 0 Å². The van der Waals surface area contributed by atoms with Crippen molar-refractivity contribution in [2.45, 2.75) is 32.4 Å². The van der Waals surface area contributed by atoms with Crippen LogP contribution in [0.1, 0.15) is 31.0 Å². The van der Waals surface area contributed by atoms with E-state index < -0.39 is 23.7 Å². The summed E-state index contributed by atoms with van der Waals surface area (Å²) >= 11 is 5.64. The Morgan fingerprint density at radius 2 is 1.94 bits per heavy atom. The van der Waals surface area contributed by atoms with Crippen LogP contribution in [0.2, 0.25) is 5.02 Å². The van der Waals surface area contributed by atoms with Crippen LogP contribution in [0, 0.1) is 17.1 Å². The zero-order valence-electron chi connectivity index (χ0n) is 17.3. The first-order valence-corrected chi connectivity index (χ1v) is 10.4. The zero-order valence-corrected chi connectivity index (χ0v) is 18.0. The molecule has 0 radical (unpaired) electrons. The second kappa shape index (κ2) is 9.78. The minimum Gasteiger partial charge on any atom is -0.356 e. The molecule has 164 valence electrons. The van der Waals surface area contributed by atoms with Crippen LogP contribution in [0.25, 0.3) is 0 Å². The molecule has 0 aromatic heterocycles. The van der Waals surface area contributed by atoms with Gasteiger partial charge in [0.25, 0.3) is 0 Å². The Bertz CT molecular complexity index is 998. The van der Waals surface area contributed by atoms with Crippen molar-refractivity contribution in [2.24, 2.45) is 5.92 Å². The van der Waals surface area contributed by atoms with Crippen molar-refractivity contribution in [1.29, 1.82) is 5.41 Å². The number of halogens is 2. The number of carbonyl (C=O) groups is 2. The number of rotatable bonds is 5. The second-order valence-electron chi connectivity index (χ2n) is 7.75. The smallest absolute Gasteiger partial charge is 0.313 e.